The summed E-state index contributed by atoms with van der Waals surface area (Å²) < 4.78 is 0. The average Bonchev–Trinajstić information content (AvgIpc) is 3.08. The van der Waals surface area contributed by atoms with Gasteiger partial charge in [-0.3, -0.25) is 0 Å². The first-order valence-corrected chi connectivity index (χ1v) is 6.57. The second-order valence-electron chi connectivity index (χ2n) is 5.15. The van der Waals surface area contributed by atoms with Crippen LogP contribution < -0.4 is 5.32 Å². The second-order valence-corrected chi connectivity index (χ2v) is 5.15. The topological polar surface area (TPSA) is 12.0 Å². The van der Waals surface area contributed by atoms with Crippen molar-refractivity contribution in [1.82, 2.24) is 5.32 Å². The molecule has 1 fully saturated rings. The molecule has 0 saturated heterocycles. The van der Waals surface area contributed by atoms with E-state index in [9.17, 15) is 0 Å². The van der Waals surface area contributed by atoms with Crippen LogP contribution in [0, 0.1) is 12.8 Å². The van der Waals surface area contributed by atoms with Crippen LogP contribution in [-0.2, 0) is 6.42 Å². The average molecular weight is 217 g/mol. The molecule has 1 heteroatoms. The van der Waals surface area contributed by atoms with Gasteiger partial charge in [0.25, 0.3) is 0 Å². The maximum atomic E-state index is 3.64. The van der Waals surface area contributed by atoms with Crippen molar-refractivity contribution < 1.29 is 0 Å². The fourth-order valence-corrected chi connectivity index (χ4v) is 2.15. The van der Waals surface area contributed by atoms with Crippen molar-refractivity contribution in [3.05, 3.63) is 35.4 Å². The molecule has 88 valence electrons. The minimum Gasteiger partial charge on any atom is -0.314 e. The van der Waals surface area contributed by atoms with Gasteiger partial charge in [-0.05, 0) is 44.2 Å². The van der Waals surface area contributed by atoms with Gasteiger partial charge < -0.3 is 5.32 Å². The highest BCUT2D eigenvalue weighted by molar-refractivity contribution is 5.22. The highest BCUT2D eigenvalue weighted by Gasteiger charge is 2.21. The predicted octanol–water partition coefficient (Wildman–Crippen LogP) is 3.32. The van der Waals surface area contributed by atoms with Gasteiger partial charge in [0.1, 0.15) is 0 Å². The standard InChI is InChI=1S/C15H23N/c1-3-13(11-16-15-7-8-15)10-14-6-4-5-12(2)9-14/h4-6,9,13,15-16H,3,7-8,10-11H2,1-2H3. The SMILES string of the molecule is CCC(CNC1CC1)Cc1cccc(C)c1. The lowest BCUT2D eigenvalue weighted by atomic mass is 9.96. The van der Waals surface area contributed by atoms with E-state index in [1.807, 2.05) is 0 Å². The zero-order chi connectivity index (χ0) is 11.4. The Morgan fingerprint density at radius 2 is 2.19 bits per heavy atom. The molecule has 1 nitrogen and oxygen atoms in total. The molecule has 0 aliphatic heterocycles. The van der Waals surface area contributed by atoms with Gasteiger partial charge in [-0.15, -0.1) is 0 Å². The smallest absolute Gasteiger partial charge is 0.00683 e. The van der Waals surface area contributed by atoms with Crippen LogP contribution in [0.15, 0.2) is 24.3 Å². The molecule has 0 spiro atoms. The summed E-state index contributed by atoms with van der Waals surface area (Å²) in [6.07, 6.45) is 5.27. The van der Waals surface area contributed by atoms with Crippen LogP contribution in [0.25, 0.3) is 0 Å². The Morgan fingerprint density at radius 1 is 1.38 bits per heavy atom. The zero-order valence-electron chi connectivity index (χ0n) is 10.5. The van der Waals surface area contributed by atoms with Crippen LogP contribution in [0.1, 0.15) is 37.3 Å². The maximum absolute atomic E-state index is 3.64. The summed E-state index contributed by atoms with van der Waals surface area (Å²) in [6.45, 7) is 5.66. The number of hydrogen-bond donors (Lipinski definition) is 1. The summed E-state index contributed by atoms with van der Waals surface area (Å²) in [5.74, 6) is 0.794. The van der Waals surface area contributed by atoms with Gasteiger partial charge in [0, 0.05) is 6.04 Å². The third-order valence-electron chi connectivity index (χ3n) is 3.46. The molecule has 1 aromatic carbocycles. The molecule has 1 aliphatic carbocycles. The fourth-order valence-electron chi connectivity index (χ4n) is 2.15. The lowest BCUT2D eigenvalue weighted by Crippen LogP contribution is -2.25. The van der Waals surface area contributed by atoms with Crippen molar-refractivity contribution in [1.29, 1.82) is 0 Å². The quantitative estimate of drug-likeness (QED) is 0.771. The minimum absolute atomic E-state index is 0.794. The summed E-state index contributed by atoms with van der Waals surface area (Å²) >= 11 is 0. The van der Waals surface area contributed by atoms with E-state index in [4.69, 9.17) is 0 Å². The van der Waals surface area contributed by atoms with Crippen LogP contribution in [0.4, 0.5) is 0 Å². The summed E-state index contributed by atoms with van der Waals surface area (Å²) in [4.78, 5) is 0. The summed E-state index contributed by atoms with van der Waals surface area (Å²) in [6, 6.07) is 9.76. The third-order valence-corrected chi connectivity index (χ3v) is 3.46. The van der Waals surface area contributed by atoms with Crippen molar-refractivity contribution in [2.24, 2.45) is 5.92 Å². The van der Waals surface area contributed by atoms with E-state index in [1.165, 1.54) is 43.4 Å². The van der Waals surface area contributed by atoms with Crippen LogP contribution >= 0.6 is 0 Å². The second kappa shape index (κ2) is 5.49. The molecule has 0 aromatic heterocycles. The number of nitrogens with one attached hydrogen (secondary N) is 1. The number of rotatable bonds is 6. The number of hydrogen-bond acceptors (Lipinski definition) is 1. The maximum Gasteiger partial charge on any atom is 0.00683 e. The zero-order valence-corrected chi connectivity index (χ0v) is 10.5. The number of benzene rings is 1. The van der Waals surface area contributed by atoms with Gasteiger partial charge in [-0.25, -0.2) is 0 Å². The van der Waals surface area contributed by atoms with Gasteiger partial charge in [0.05, 0.1) is 0 Å². The molecule has 16 heavy (non-hydrogen) atoms. The molecule has 0 radical (unpaired) electrons. The van der Waals surface area contributed by atoms with E-state index in [-0.39, 0.29) is 0 Å². The molecule has 1 N–H and O–H groups in total. The first kappa shape index (κ1) is 11.7. The predicted molar refractivity (Wildman–Crippen MR) is 69.7 cm³/mol. The molecule has 0 amide bonds. The summed E-state index contributed by atoms with van der Waals surface area (Å²) in [5, 5.41) is 3.64. The highest BCUT2D eigenvalue weighted by atomic mass is 14.9. The van der Waals surface area contributed by atoms with Crippen molar-refractivity contribution in [3.63, 3.8) is 0 Å². The Balaban J connectivity index is 1.84. The fraction of sp³-hybridized carbons (Fsp3) is 0.600. The lowest BCUT2D eigenvalue weighted by molar-refractivity contribution is 0.458. The van der Waals surface area contributed by atoms with E-state index < -0.39 is 0 Å². The summed E-state index contributed by atoms with van der Waals surface area (Å²) in [7, 11) is 0. The molecule has 0 bridgehead atoms. The first-order chi connectivity index (χ1) is 7.78. The van der Waals surface area contributed by atoms with Crippen LogP contribution in [0.5, 0.6) is 0 Å². The molecule has 1 atom stereocenters. The Bertz CT molecular complexity index is 328. The normalized spacial score (nSPS) is 17.4. The molecule has 1 aliphatic rings. The Morgan fingerprint density at radius 3 is 2.81 bits per heavy atom. The van der Waals surface area contributed by atoms with Gasteiger partial charge in [0.15, 0.2) is 0 Å². The van der Waals surface area contributed by atoms with E-state index in [0.717, 1.165) is 12.0 Å². The van der Waals surface area contributed by atoms with Crippen molar-refractivity contribution >= 4 is 0 Å². The Labute approximate surface area is 99.3 Å². The molecular formula is C15H23N. The number of aryl methyl sites for hydroxylation is 1. The summed E-state index contributed by atoms with van der Waals surface area (Å²) in [5.41, 5.74) is 2.87. The Hall–Kier alpha value is -0.820. The molecule has 1 unspecified atom stereocenters. The van der Waals surface area contributed by atoms with Gasteiger partial charge in [-0.2, -0.15) is 0 Å². The van der Waals surface area contributed by atoms with Crippen LogP contribution in [0.3, 0.4) is 0 Å². The van der Waals surface area contributed by atoms with E-state index in [0.29, 0.717) is 0 Å². The van der Waals surface area contributed by atoms with Gasteiger partial charge >= 0.3 is 0 Å². The monoisotopic (exact) mass is 217 g/mol. The molecule has 0 heterocycles. The van der Waals surface area contributed by atoms with E-state index in [2.05, 4.69) is 43.4 Å². The van der Waals surface area contributed by atoms with E-state index >= 15 is 0 Å². The molecule has 2 rings (SSSR count). The van der Waals surface area contributed by atoms with Crippen molar-refractivity contribution in [2.45, 2.75) is 45.6 Å². The lowest BCUT2D eigenvalue weighted by Gasteiger charge is -2.15. The van der Waals surface area contributed by atoms with Crippen molar-refractivity contribution in [3.8, 4) is 0 Å². The molecule has 1 aromatic rings. The largest absolute Gasteiger partial charge is 0.314 e. The van der Waals surface area contributed by atoms with E-state index in [1.54, 1.807) is 0 Å². The highest BCUT2D eigenvalue weighted by Crippen LogP contribution is 2.20. The van der Waals surface area contributed by atoms with Crippen LogP contribution in [-0.4, -0.2) is 12.6 Å². The van der Waals surface area contributed by atoms with Crippen molar-refractivity contribution in [2.75, 3.05) is 6.54 Å². The molecule has 1 saturated carbocycles. The Kier molecular flexibility index (Phi) is 4.00. The molecular weight excluding hydrogens is 194 g/mol. The van der Waals surface area contributed by atoms with Gasteiger partial charge in [0.2, 0.25) is 0 Å². The first-order valence-electron chi connectivity index (χ1n) is 6.57. The minimum atomic E-state index is 0.794. The van der Waals surface area contributed by atoms with Gasteiger partial charge in [-0.1, -0.05) is 43.2 Å². The van der Waals surface area contributed by atoms with Crippen LogP contribution in [0.2, 0.25) is 0 Å². The third kappa shape index (κ3) is 3.64.